The van der Waals surface area contributed by atoms with Crippen molar-refractivity contribution < 1.29 is 19.4 Å². The number of rotatable bonds is 2. The smallest absolute Gasteiger partial charge is 0.335 e. The zero-order valence-electron chi connectivity index (χ0n) is 11.1. The molecule has 0 bridgehead atoms. The summed E-state index contributed by atoms with van der Waals surface area (Å²) in [7, 11) is 0. The van der Waals surface area contributed by atoms with Gasteiger partial charge >= 0.3 is 5.97 Å². The van der Waals surface area contributed by atoms with Crippen molar-refractivity contribution in [3.05, 3.63) is 41.5 Å². The van der Waals surface area contributed by atoms with E-state index >= 15 is 0 Å². The molecule has 0 amide bonds. The summed E-state index contributed by atoms with van der Waals surface area (Å²) in [6.07, 6.45) is 0. The van der Waals surface area contributed by atoms with Crippen LogP contribution in [0.5, 0.6) is 5.75 Å². The van der Waals surface area contributed by atoms with Gasteiger partial charge in [-0.3, -0.25) is 0 Å². The Bertz CT molecular complexity index is 828. The number of hydrogen-bond acceptors (Lipinski definition) is 5. The Morgan fingerprint density at radius 1 is 1.29 bits per heavy atom. The van der Waals surface area contributed by atoms with Crippen LogP contribution in [0, 0.1) is 6.92 Å². The monoisotopic (exact) mass is 284 g/mol. The molecule has 0 saturated heterocycles. The Labute approximate surface area is 119 Å². The first-order chi connectivity index (χ1) is 9.95. The number of phenolic OH excluding ortho intramolecular Hbond substituents is 1. The van der Waals surface area contributed by atoms with Gasteiger partial charge in [0.15, 0.2) is 5.58 Å². The standard InChI is InChI=1S/C15H12N2O4/c1-7-4-8(15(19)20)2-3-9(7)14-17-11-5-10(16)12(18)6-13(11)21-14/h2-6,18H,16H2,1H3,(H,19,20). The van der Waals surface area contributed by atoms with E-state index in [4.69, 9.17) is 15.3 Å². The number of benzene rings is 2. The van der Waals surface area contributed by atoms with Gasteiger partial charge in [-0.15, -0.1) is 0 Å². The van der Waals surface area contributed by atoms with Crippen LogP contribution in [0.15, 0.2) is 34.7 Å². The molecule has 1 aromatic heterocycles. The van der Waals surface area contributed by atoms with E-state index in [-0.39, 0.29) is 17.0 Å². The van der Waals surface area contributed by atoms with Crippen molar-refractivity contribution in [2.45, 2.75) is 6.92 Å². The lowest BCUT2D eigenvalue weighted by molar-refractivity contribution is 0.0697. The number of nitrogens with two attached hydrogens (primary N) is 1. The van der Waals surface area contributed by atoms with Crippen LogP contribution in [0.1, 0.15) is 15.9 Å². The van der Waals surface area contributed by atoms with E-state index in [0.717, 1.165) is 5.56 Å². The summed E-state index contributed by atoms with van der Waals surface area (Å²) in [5.74, 6) is -0.701. The number of nitrogens with zero attached hydrogens (tertiary/aromatic N) is 1. The minimum Gasteiger partial charge on any atom is -0.506 e. The first-order valence-electron chi connectivity index (χ1n) is 6.19. The van der Waals surface area contributed by atoms with Gasteiger partial charge in [-0.1, -0.05) is 0 Å². The second-order valence-electron chi connectivity index (χ2n) is 4.73. The van der Waals surface area contributed by atoms with Gasteiger partial charge in [-0.05, 0) is 36.8 Å². The predicted molar refractivity (Wildman–Crippen MR) is 77.2 cm³/mol. The molecule has 4 N–H and O–H groups in total. The summed E-state index contributed by atoms with van der Waals surface area (Å²) in [6, 6.07) is 7.62. The number of phenols is 1. The fourth-order valence-electron chi connectivity index (χ4n) is 2.13. The minimum absolute atomic E-state index is 0.0665. The largest absolute Gasteiger partial charge is 0.506 e. The second-order valence-corrected chi connectivity index (χ2v) is 4.73. The summed E-state index contributed by atoms with van der Waals surface area (Å²) in [5, 5.41) is 18.5. The van der Waals surface area contributed by atoms with Crippen LogP contribution in [0.2, 0.25) is 0 Å². The lowest BCUT2D eigenvalue weighted by atomic mass is 10.1. The first-order valence-corrected chi connectivity index (χ1v) is 6.19. The number of aromatic carboxylic acids is 1. The molecular weight excluding hydrogens is 272 g/mol. The molecule has 21 heavy (non-hydrogen) atoms. The fourth-order valence-corrected chi connectivity index (χ4v) is 2.13. The molecule has 1 heterocycles. The highest BCUT2D eigenvalue weighted by Gasteiger charge is 2.14. The molecule has 0 saturated carbocycles. The molecule has 106 valence electrons. The molecule has 0 aliphatic carbocycles. The van der Waals surface area contributed by atoms with E-state index < -0.39 is 5.97 Å². The van der Waals surface area contributed by atoms with Crippen LogP contribution >= 0.6 is 0 Å². The van der Waals surface area contributed by atoms with Crippen LogP contribution in [0.3, 0.4) is 0 Å². The molecule has 3 aromatic rings. The second kappa shape index (κ2) is 4.52. The summed E-state index contributed by atoms with van der Waals surface area (Å²) in [5.41, 5.74) is 8.41. The van der Waals surface area contributed by atoms with Gasteiger partial charge in [0.25, 0.3) is 0 Å². The van der Waals surface area contributed by atoms with E-state index in [1.807, 2.05) is 0 Å². The highest BCUT2D eigenvalue weighted by Crippen LogP contribution is 2.31. The maximum atomic E-state index is 10.9. The predicted octanol–water partition coefficient (Wildman–Crippen LogP) is 2.79. The molecule has 3 rings (SSSR count). The van der Waals surface area contributed by atoms with Crippen LogP contribution in [-0.4, -0.2) is 21.2 Å². The Kier molecular flexibility index (Phi) is 2.79. The number of oxazole rings is 1. The average molecular weight is 284 g/mol. The summed E-state index contributed by atoms with van der Waals surface area (Å²) in [6.45, 7) is 1.78. The molecule has 0 atom stereocenters. The van der Waals surface area contributed by atoms with Gasteiger partial charge in [0.2, 0.25) is 5.89 Å². The zero-order chi connectivity index (χ0) is 15.1. The topological polar surface area (TPSA) is 110 Å². The highest BCUT2D eigenvalue weighted by molar-refractivity contribution is 5.89. The molecule has 0 aliphatic heterocycles. The number of hydrogen-bond donors (Lipinski definition) is 3. The van der Waals surface area contributed by atoms with Crippen molar-refractivity contribution >= 4 is 22.8 Å². The summed E-state index contributed by atoms with van der Waals surface area (Å²) >= 11 is 0. The Balaban J connectivity index is 2.14. The van der Waals surface area contributed by atoms with Crippen LogP contribution in [0.4, 0.5) is 5.69 Å². The van der Waals surface area contributed by atoms with E-state index in [2.05, 4.69) is 4.98 Å². The number of aryl methyl sites for hydroxylation is 1. The molecule has 0 fully saturated rings. The van der Waals surface area contributed by atoms with Gasteiger partial charge in [0.05, 0.1) is 11.3 Å². The third-order valence-corrected chi connectivity index (χ3v) is 3.24. The molecule has 0 unspecified atom stereocenters. The maximum Gasteiger partial charge on any atom is 0.335 e. The summed E-state index contributed by atoms with van der Waals surface area (Å²) in [4.78, 5) is 15.3. The van der Waals surface area contributed by atoms with Gasteiger partial charge in [-0.2, -0.15) is 0 Å². The van der Waals surface area contributed by atoms with E-state index in [1.165, 1.54) is 18.2 Å². The van der Waals surface area contributed by atoms with Gasteiger partial charge < -0.3 is 20.4 Å². The van der Waals surface area contributed by atoms with Crippen molar-refractivity contribution in [2.75, 3.05) is 5.73 Å². The molecule has 0 aliphatic rings. The first kappa shape index (κ1) is 13.0. The molecule has 2 aromatic carbocycles. The number of carbonyl (C=O) groups is 1. The maximum absolute atomic E-state index is 10.9. The fraction of sp³-hybridized carbons (Fsp3) is 0.0667. The van der Waals surface area contributed by atoms with Crippen LogP contribution in [-0.2, 0) is 0 Å². The van der Waals surface area contributed by atoms with E-state index in [9.17, 15) is 9.90 Å². The third-order valence-electron chi connectivity index (χ3n) is 3.24. The van der Waals surface area contributed by atoms with Gasteiger partial charge in [0, 0.05) is 11.6 Å². The van der Waals surface area contributed by atoms with Crippen LogP contribution in [0.25, 0.3) is 22.6 Å². The quantitative estimate of drug-likeness (QED) is 0.493. The van der Waals surface area contributed by atoms with Crippen molar-refractivity contribution in [3.63, 3.8) is 0 Å². The van der Waals surface area contributed by atoms with E-state index in [1.54, 1.807) is 19.1 Å². The van der Waals surface area contributed by atoms with Crippen molar-refractivity contribution in [1.82, 2.24) is 4.98 Å². The molecular formula is C15H12N2O4. The minimum atomic E-state index is -0.986. The van der Waals surface area contributed by atoms with E-state index in [0.29, 0.717) is 22.6 Å². The Hall–Kier alpha value is -3.02. The number of carboxylic acids is 1. The number of aromatic hydroxyl groups is 1. The molecule has 6 nitrogen and oxygen atoms in total. The third kappa shape index (κ3) is 2.16. The van der Waals surface area contributed by atoms with Crippen molar-refractivity contribution in [1.29, 1.82) is 0 Å². The average Bonchev–Trinajstić information content (AvgIpc) is 2.81. The normalized spacial score (nSPS) is 10.9. The number of aromatic nitrogens is 1. The lowest BCUT2D eigenvalue weighted by Gasteiger charge is -2.02. The number of nitrogen functional groups attached to an aromatic ring is 1. The van der Waals surface area contributed by atoms with Crippen molar-refractivity contribution in [2.24, 2.45) is 0 Å². The Morgan fingerprint density at radius 2 is 2.05 bits per heavy atom. The zero-order valence-corrected chi connectivity index (χ0v) is 11.1. The van der Waals surface area contributed by atoms with Crippen molar-refractivity contribution in [3.8, 4) is 17.2 Å². The molecule has 0 radical (unpaired) electrons. The number of anilines is 1. The number of fused-ring (bicyclic) bond motifs is 1. The molecule has 6 heteroatoms. The highest BCUT2D eigenvalue weighted by atomic mass is 16.4. The lowest BCUT2D eigenvalue weighted by Crippen LogP contribution is -1.97. The summed E-state index contributed by atoms with van der Waals surface area (Å²) < 4.78 is 5.60. The SMILES string of the molecule is Cc1cc(C(=O)O)ccc1-c1nc2cc(N)c(O)cc2o1. The Morgan fingerprint density at radius 3 is 2.71 bits per heavy atom. The van der Waals surface area contributed by atoms with Gasteiger partial charge in [0.1, 0.15) is 11.3 Å². The van der Waals surface area contributed by atoms with Gasteiger partial charge in [-0.25, -0.2) is 9.78 Å². The number of carboxylic acid groups (broad SMARTS) is 1. The van der Waals surface area contributed by atoms with Crippen LogP contribution < -0.4 is 5.73 Å². The molecule has 0 spiro atoms.